The van der Waals surface area contributed by atoms with Crippen LogP contribution >= 0.6 is 0 Å². The fraction of sp³-hybridized carbons (Fsp3) is 0.625. The predicted molar refractivity (Wildman–Crippen MR) is 77.6 cm³/mol. The molecule has 2 atom stereocenters. The minimum atomic E-state index is 0.239. The Balaban J connectivity index is 2.55. The van der Waals surface area contributed by atoms with E-state index in [0.29, 0.717) is 12.5 Å². The van der Waals surface area contributed by atoms with E-state index < -0.39 is 0 Å². The molecule has 0 aromatic heterocycles. The largest absolute Gasteiger partial charge is 0.396 e. The van der Waals surface area contributed by atoms with Crippen LogP contribution in [-0.4, -0.2) is 18.3 Å². The second-order valence-corrected chi connectivity index (χ2v) is 5.04. The lowest BCUT2D eigenvalue weighted by Crippen LogP contribution is -2.24. The van der Waals surface area contributed by atoms with E-state index >= 15 is 0 Å². The molecular weight excluding hydrogens is 222 g/mol. The molecule has 0 fully saturated rings. The maximum absolute atomic E-state index is 9.59. The highest BCUT2D eigenvalue weighted by Gasteiger charge is 2.20. The lowest BCUT2D eigenvalue weighted by Gasteiger charge is -2.25. The Morgan fingerprint density at radius 2 is 1.83 bits per heavy atom. The molecule has 0 aliphatic rings. The fourth-order valence-corrected chi connectivity index (χ4v) is 2.55. The third-order valence-electron chi connectivity index (χ3n) is 3.71. The van der Waals surface area contributed by atoms with Gasteiger partial charge in [0, 0.05) is 12.5 Å². The molecule has 0 aliphatic heterocycles. The summed E-state index contributed by atoms with van der Waals surface area (Å²) in [5.41, 5.74) is 7.16. The first-order valence-electron chi connectivity index (χ1n) is 7.19. The molecule has 1 aromatic rings. The van der Waals surface area contributed by atoms with Crippen LogP contribution in [0, 0.1) is 5.92 Å². The van der Waals surface area contributed by atoms with Gasteiger partial charge >= 0.3 is 0 Å². The number of aliphatic hydroxyl groups excluding tert-OH is 1. The van der Waals surface area contributed by atoms with Crippen molar-refractivity contribution >= 4 is 0 Å². The van der Waals surface area contributed by atoms with Gasteiger partial charge in [-0.15, -0.1) is 0 Å². The van der Waals surface area contributed by atoms with Crippen molar-refractivity contribution in [3.63, 3.8) is 0 Å². The number of rotatable bonds is 9. The average molecular weight is 249 g/mol. The summed E-state index contributed by atoms with van der Waals surface area (Å²) in [6.07, 6.45) is 6.08. The molecular formula is C16H27NO. The lowest BCUT2D eigenvalue weighted by molar-refractivity contribution is 0.193. The summed E-state index contributed by atoms with van der Waals surface area (Å²) in [6.45, 7) is 3.07. The monoisotopic (exact) mass is 249 g/mol. The molecule has 2 unspecified atom stereocenters. The van der Waals surface area contributed by atoms with Gasteiger partial charge in [-0.25, -0.2) is 0 Å². The van der Waals surface area contributed by atoms with Gasteiger partial charge in [0.2, 0.25) is 0 Å². The van der Waals surface area contributed by atoms with E-state index in [1.807, 2.05) is 18.2 Å². The Bertz CT molecular complexity index is 299. The van der Waals surface area contributed by atoms with Crippen LogP contribution in [0.4, 0.5) is 0 Å². The van der Waals surface area contributed by atoms with Crippen LogP contribution in [0.2, 0.25) is 0 Å². The molecule has 0 saturated heterocycles. The van der Waals surface area contributed by atoms with Crippen molar-refractivity contribution < 1.29 is 5.11 Å². The highest BCUT2D eigenvalue weighted by atomic mass is 16.3. The molecule has 0 bridgehead atoms. The molecule has 2 nitrogen and oxygen atoms in total. The maximum Gasteiger partial charge on any atom is 0.0465 e. The first-order chi connectivity index (χ1) is 8.83. The van der Waals surface area contributed by atoms with Gasteiger partial charge in [-0.1, -0.05) is 62.9 Å². The van der Waals surface area contributed by atoms with Crippen LogP contribution in [0.3, 0.4) is 0 Å². The molecule has 0 saturated carbocycles. The molecule has 0 radical (unpaired) electrons. The zero-order valence-electron chi connectivity index (χ0n) is 11.5. The minimum absolute atomic E-state index is 0.239. The molecule has 0 aliphatic carbocycles. The number of nitrogens with two attached hydrogens (primary N) is 1. The van der Waals surface area contributed by atoms with Crippen molar-refractivity contribution in [2.24, 2.45) is 11.7 Å². The Kier molecular flexibility index (Phi) is 7.70. The summed E-state index contributed by atoms with van der Waals surface area (Å²) >= 11 is 0. The molecule has 1 rings (SSSR count). The highest BCUT2D eigenvalue weighted by molar-refractivity contribution is 5.20. The number of unbranched alkanes of at least 4 members (excludes halogenated alkanes) is 3. The second-order valence-electron chi connectivity index (χ2n) is 5.04. The standard InChI is InChI=1S/C16H27NO/c1-2-3-4-6-11-15(13-18)16(12-17)14-9-7-5-8-10-14/h5,7-10,15-16,18H,2-4,6,11-13,17H2,1H3. The van der Waals surface area contributed by atoms with Crippen molar-refractivity contribution in [1.29, 1.82) is 0 Å². The fourth-order valence-electron chi connectivity index (χ4n) is 2.55. The van der Waals surface area contributed by atoms with E-state index in [9.17, 15) is 5.11 Å². The first-order valence-corrected chi connectivity index (χ1v) is 7.19. The summed E-state index contributed by atoms with van der Waals surface area (Å²) in [5, 5.41) is 9.59. The second kappa shape index (κ2) is 9.12. The van der Waals surface area contributed by atoms with Crippen LogP contribution in [-0.2, 0) is 0 Å². The average Bonchev–Trinajstić information content (AvgIpc) is 2.43. The lowest BCUT2D eigenvalue weighted by atomic mass is 9.83. The molecule has 3 N–H and O–H groups in total. The van der Waals surface area contributed by atoms with Crippen LogP contribution in [0.1, 0.15) is 50.5 Å². The molecule has 0 spiro atoms. The number of hydrogen-bond acceptors (Lipinski definition) is 2. The summed E-state index contributed by atoms with van der Waals surface area (Å²) in [5.74, 6) is 0.590. The summed E-state index contributed by atoms with van der Waals surface area (Å²) < 4.78 is 0. The van der Waals surface area contributed by atoms with Crippen LogP contribution < -0.4 is 5.73 Å². The van der Waals surface area contributed by atoms with E-state index in [4.69, 9.17) is 5.73 Å². The molecule has 0 heterocycles. The molecule has 18 heavy (non-hydrogen) atoms. The first kappa shape index (κ1) is 15.2. The SMILES string of the molecule is CCCCCCC(CO)C(CN)c1ccccc1. The Hall–Kier alpha value is -0.860. The van der Waals surface area contributed by atoms with E-state index in [2.05, 4.69) is 19.1 Å². The van der Waals surface area contributed by atoms with E-state index in [-0.39, 0.29) is 12.5 Å². The van der Waals surface area contributed by atoms with Crippen molar-refractivity contribution in [1.82, 2.24) is 0 Å². The van der Waals surface area contributed by atoms with Gasteiger partial charge in [-0.3, -0.25) is 0 Å². The van der Waals surface area contributed by atoms with Gasteiger partial charge < -0.3 is 10.8 Å². The maximum atomic E-state index is 9.59. The number of hydrogen-bond donors (Lipinski definition) is 2. The van der Waals surface area contributed by atoms with Gasteiger partial charge in [-0.2, -0.15) is 0 Å². The molecule has 2 heteroatoms. The summed E-state index contributed by atoms with van der Waals surface area (Å²) in [7, 11) is 0. The highest BCUT2D eigenvalue weighted by Crippen LogP contribution is 2.27. The Morgan fingerprint density at radius 1 is 1.11 bits per heavy atom. The topological polar surface area (TPSA) is 46.2 Å². The summed E-state index contributed by atoms with van der Waals surface area (Å²) in [6, 6.07) is 10.3. The van der Waals surface area contributed by atoms with Gasteiger partial charge in [0.15, 0.2) is 0 Å². The van der Waals surface area contributed by atoms with Crippen molar-refractivity contribution in [2.45, 2.75) is 44.9 Å². The zero-order chi connectivity index (χ0) is 13.2. The van der Waals surface area contributed by atoms with E-state index in [0.717, 1.165) is 6.42 Å². The van der Waals surface area contributed by atoms with E-state index in [1.54, 1.807) is 0 Å². The predicted octanol–water partition coefficient (Wildman–Crippen LogP) is 3.31. The van der Waals surface area contributed by atoms with Gasteiger partial charge in [0.1, 0.15) is 0 Å². The third-order valence-corrected chi connectivity index (χ3v) is 3.71. The third kappa shape index (κ3) is 4.79. The van der Waals surface area contributed by atoms with Crippen molar-refractivity contribution in [3.05, 3.63) is 35.9 Å². The van der Waals surface area contributed by atoms with Crippen LogP contribution in [0.5, 0.6) is 0 Å². The molecule has 0 amide bonds. The van der Waals surface area contributed by atoms with Gasteiger partial charge in [0.25, 0.3) is 0 Å². The molecule has 102 valence electrons. The smallest absolute Gasteiger partial charge is 0.0465 e. The molecule has 1 aromatic carbocycles. The van der Waals surface area contributed by atoms with Crippen LogP contribution in [0.15, 0.2) is 30.3 Å². The Labute approximate surface area is 111 Å². The van der Waals surface area contributed by atoms with Gasteiger partial charge in [0.05, 0.1) is 0 Å². The number of benzene rings is 1. The normalized spacial score (nSPS) is 14.4. The Morgan fingerprint density at radius 3 is 2.39 bits per heavy atom. The van der Waals surface area contributed by atoms with Crippen molar-refractivity contribution in [3.8, 4) is 0 Å². The number of aliphatic hydroxyl groups is 1. The summed E-state index contributed by atoms with van der Waals surface area (Å²) in [4.78, 5) is 0. The van der Waals surface area contributed by atoms with E-state index in [1.165, 1.54) is 31.2 Å². The van der Waals surface area contributed by atoms with Gasteiger partial charge in [-0.05, 0) is 24.4 Å². The minimum Gasteiger partial charge on any atom is -0.396 e. The quantitative estimate of drug-likeness (QED) is 0.660. The van der Waals surface area contributed by atoms with Crippen molar-refractivity contribution in [2.75, 3.05) is 13.2 Å². The zero-order valence-corrected chi connectivity index (χ0v) is 11.5. The van der Waals surface area contributed by atoms with Crippen LogP contribution in [0.25, 0.3) is 0 Å².